The Kier molecular flexibility index (Phi) is 4.55. The fourth-order valence-electron chi connectivity index (χ4n) is 2.68. The molecular formula is C18H19NO2. The van der Waals surface area contributed by atoms with E-state index in [2.05, 4.69) is 6.58 Å². The van der Waals surface area contributed by atoms with Crippen molar-refractivity contribution in [2.45, 2.75) is 17.9 Å². The molecule has 0 fully saturated rings. The van der Waals surface area contributed by atoms with E-state index in [4.69, 9.17) is 5.73 Å². The maximum Gasteiger partial charge on any atom is 0.316 e. The van der Waals surface area contributed by atoms with Crippen LogP contribution in [-0.2, 0) is 10.2 Å². The van der Waals surface area contributed by atoms with Gasteiger partial charge in [-0.2, -0.15) is 0 Å². The van der Waals surface area contributed by atoms with Crippen LogP contribution in [0.3, 0.4) is 0 Å². The zero-order valence-electron chi connectivity index (χ0n) is 11.8. The van der Waals surface area contributed by atoms with Crippen molar-refractivity contribution in [3.05, 3.63) is 84.4 Å². The van der Waals surface area contributed by atoms with E-state index in [1.807, 2.05) is 48.5 Å². The lowest BCUT2D eigenvalue weighted by Gasteiger charge is -2.35. The van der Waals surface area contributed by atoms with Gasteiger partial charge in [0.05, 0.1) is 6.04 Å². The van der Waals surface area contributed by atoms with Gasteiger partial charge >= 0.3 is 5.97 Å². The Balaban J connectivity index is 2.60. The molecule has 0 spiro atoms. The Hall–Kier alpha value is -2.39. The molecule has 0 radical (unpaired) electrons. The standard InChI is InChI=1S/C18H19NO2/c1-2-13-18(17(20)21,15-11-7-4-8-12-15)16(19)14-9-5-3-6-10-14/h2-12,16H,1,13,19H2,(H,20,21)/t16-,18+/m0/s1. The van der Waals surface area contributed by atoms with Crippen LogP contribution in [0.1, 0.15) is 23.6 Å². The first-order valence-corrected chi connectivity index (χ1v) is 6.83. The topological polar surface area (TPSA) is 63.3 Å². The average molecular weight is 281 g/mol. The molecule has 0 aromatic heterocycles. The van der Waals surface area contributed by atoms with E-state index in [-0.39, 0.29) is 6.42 Å². The molecule has 2 rings (SSSR count). The molecule has 0 saturated carbocycles. The first-order valence-electron chi connectivity index (χ1n) is 6.83. The normalized spacial score (nSPS) is 14.9. The molecule has 3 heteroatoms. The van der Waals surface area contributed by atoms with E-state index in [1.54, 1.807) is 18.2 Å². The Bertz CT molecular complexity index is 610. The number of carbonyl (C=O) groups is 1. The number of allylic oxidation sites excluding steroid dienone is 1. The first-order chi connectivity index (χ1) is 10.1. The summed E-state index contributed by atoms with van der Waals surface area (Å²) in [5.74, 6) is -0.940. The summed E-state index contributed by atoms with van der Waals surface area (Å²) in [5, 5.41) is 9.91. The van der Waals surface area contributed by atoms with Gasteiger partial charge in [-0.15, -0.1) is 6.58 Å². The average Bonchev–Trinajstić information content (AvgIpc) is 2.53. The summed E-state index contributed by atoms with van der Waals surface area (Å²) in [7, 11) is 0. The van der Waals surface area contributed by atoms with Gasteiger partial charge in [0.2, 0.25) is 0 Å². The Morgan fingerprint density at radius 1 is 1.14 bits per heavy atom. The van der Waals surface area contributed by atoms with Crippen LogP contribution in [-0.4, -0.2) is 11.1 Å². The van der Waals surface area contributed by atoms with Gasteiger partial charge in [-0.3, -0.25) is 4.79 Å². The van der Waals surface area contributed by atoms with E-state index in [1.165, 1.54) is 0 Å². The molecule has 0 aliphatic heterocycles. The minimum absolute atomic E-state index is 0.266. The number of rotatable bonds is 6. The number of carboxylic acids is 1. The van der Waals surface area contributed by atoms with Crippen molar-refractivity contribution in [2.75, 3.05) is 0 Å². The maximum atomic E-state index is 12.1. The van der Waals surface area contributed by atoms with Gasteiger partial charge in [-0.1, -0.05) is 66.7 Å². The molecule has 0 aliphatic rings. The molecule has 0 amide bonds. The SMILES string of the molecule is C=CC[C@@](C(=O)O)(c1ccccc1)[C@@H](N)c1ccccc1. The highest BCUT2D eigenvalue weighted by Gasteiger charge is 2.45. The predicted octanol–water partition coefficient (Wildman–Crippen LogP) is 3.29. The quantitative estimate of drug-likeness (QED) is 0.799. The summed E-state index contributed by atoms with van der Waals surface area (Å²) in [6.07, 6.45) is 1.88. The van der Waals surface area contributed by atoms with Crippen molar-refractivity contribution >= 4 is 5.97 Å². The van der Waals surface area contributed by atoms with Crippen LogP contribution in [0.15, 0.2) is 73.3 Å². The van der Waals surface area contributed by atoms with Crippen molar-refractivity contribution in [3.8, 4) is 0 Å². The molecule has 21 heavy (non-hydrogen) atoms. The lowest BCUT2D eigenvalue weighted by atomic mass is 9.69. The van der Waals surface area contributed by atoms with Crippen molar-refractivity contribution in [3.63, 3.8) is 0 Å². The van der Waals surface area contributed by atoms with Crippen LogP contribution in [0.25, 0.3) is 0 Å². The Morgan fingerprint density at radius 2 is 1.67 bits per heavy atom. The molecule has 0 saturated heterocycles. The number of hydrogen-bond acceptors (Lipinski definition) is 2. The molecule has 2 aromatic rings. The highest BCUT2D eigenvalue weighted by molar-refractivity contribution is 5.83. The zero-order valence-corrected chi connectivity index (χ0v) is 11.8. The molecule has 3 N–H and O–H groups in total. The van der Waals surface area contributed by atoms with Gasteiger partial charge in [-0.25, -0.2) is 0 Å². The third kappa shape index (κ3) is 2.73. The fraction of sp³-hybridized carbons (Fsp3) is 0.167. The highest BCUT2D eigenvalue weighted by atomic mass is 16.4. The monoisotopic (exact) mass is 281 g/mol. The van der Waals surface area contributed by atoms with Gasteiger partial charge in [0, 0.05) is 0 Å². The van der Waals surface area contributed by atoms with Crippen molar-refractivity contribution < 1.29 is 9.90 Å². The maximum absolute atomic E-state index is 12.1. The fourth-order valence-corrected chi connectivity index (χ4v) is 2.68. The molecule has 0 aliphatic carbocycles. The highest BCUT2D eigenvalue weighted by Crippen LogP contribution is 2.39. The molecule has 0 bridgehead atoms. The Labute approximate surface area is 124 Å². The van der Waals surface area contributed by atoms with E-state index in [0.717, 1.165) is 5.56 Å². The van der Waals surface area contributed by atoms with Crippen molar-refractivity contribution in [2.24, 2.45) is 5.73 Å². The molecule has 108 valence electrons. The summed E-state index contributed by atoms with van der Waals surface area (Å²) in [6, 6.07) is 17.8. The van der Waals surface area contributed by atoms with Crippen LogP contribution in [0.5, 0.6) is 0 Å². The molecule has 0 unspecified atom stereocenters. The van der Waals surface area contributed by atoms with Crippen LogP contribution in [0, 0.1) is 0 Å². The van der Waals surface area contributed by atoms with Crippen LogP contribution < -0.4 is 5.73 Å². The molecule has 3 nitrogen and oxygen atoms in total. The number of hydrogen-bond donors (Lipinski definition) is 2. The molecule has 2 atom stereocenters. The van der Waals surface area contributed by atoms with Crippen molar-refractivity contribution in [1.82, 2.24) is 0 Å². The smallest absolute Gasteiger partial charge is 0.316 e. The molecule has 2 aromatic carbocycles. The number of aliphatic carboxylic acids is 1. The van der Waals surface area contributed by atoms with Crippen molar-refractivity contribution in [1.29, 1.82) is 0 Å². The second-order valence-electron chi connectivity index (χ2n) is 5.02. The summed E-state index contributed by atoms with van der Waals surface area (Å²) in [6.45, 7) is 3.71. The van der Waals surface area contributed by atoms with Crippen LogP contribution in [0.2, 0.25) is 0 Å². The predicted molar refractivity (Wildman–Crippen MR) is 83.9 cm³/mol. The minimum atomic E-state index is -1.22. The van der Waals surface area contributed by atoms with Crippen LogP contribution >= 0.6 is 0 Å². The van der Waals surface area contributed by atoms with Gasteiger partial charge in [-0.05, 0) is 17.5 Å². The molecular weight excluding hydrogens is 262 g/mol. The second-order valence-corrected chi connectivity index (χ2v) is 5.02. The number of nitrogens with two attached hydrogens (primary N) is 1. The zero-order chi connectivity index (χ0) is 15.3. The van der Waals surface area contributed by atoms with E-state index in [9.17, 15) is 9.90 Å². The number of benzene rings is 2. The van der Waals surface area contributed by atoms with E-state index in [0.29, 0.717) is 5.56 Å². The summed E-state index contributed by atoms with van der Waals surface area (Å²) < 4.78 is 0. The van der Waals surface area contributed by atoms with Gasteiger partial charge in [0.1, 0.15) is 5.41 Å². The van der Waals surface area contributed by atoms with Gasteiger partial charge < -0.3 is 10.8 Å². The van der Waals surface area contributed by atoms with Crippen LogP contribution in [0.4, 0.5) is 0 Å². The van der Waals surface area contributed by atoms with E-state index >= 15 is 0 Å². The second kappa shape index (κ2) is 6.37. The third-order valence-electron chi connectivity index (χ3n) is 3.83. The number of carboxylic acid groups (broad SMARTS) is 1. The minimum Gasteiger partial charge on any atom is -0.481 e. The van der Waals surface area contributed by atoms with E-state index < -0.39 is 17.4 Å². The van der Waals surface area contributed by atoms with Gasteiger partial charge in [0.15, 0.2) is 0 Å². The first kappa shape index (κ1) is 15.0. The lowest BCUT2D eigenvalue weighted by molar-refractivity contribution is -0.144. The Morgan fingerprint density at radius 3 is 2.14 bits per heavy atom. The lowest BCUT2D eigenvalue weighted by Crippen LogP contribution is -2.45. The largest absolute Gasteiger partial charge is 0.481 e. The summed E-state index contributed by atoms with van der Waals surface area (Å²) in [4.78, 5) is 12.1. The summed E-state index contributed by atoms with van der Waals surface area (Å²) in [5.41, 5.74) is 6.63. The summed E-state index contributed by atoms with van der Waals surface area (Å²) >= 11 is 0. The molecule has 0 heterocycles. The third-order valence-corrected chi connectivity index (χ3v) is 3.83. The van der Waals surface area contributed by atoms with Gasteiger partial charge in [0.25, 0.3) is 0 Å².